The highest BCUT2D eigenvalue weighted by Gasteiger charge is 2.15. The Morgan fingerprint density at radius 3 is 2.85 bits per heavy atom. The second-order valence-corrected chi connectivity index (χ2v) is 2.64. The minimum atomic E-state index is -0.699. The number of methoxy groups -OCH3 is 1. The van der Waals surface area contributed by atoms with Gasteiger partial charge in [-0.2, -0.15) is 0 Å². The van der Waals surface area contributed by atoms with Gasteiger partial charge in [0.15, 0.2) is 5.88 Å². The summed E-state index contributed by atoms with van der Waals surface area (Å²) >= 11 is 0. The first-order valence-corrected chi connectivity index (χ1v) is 3.81. The van der Waals surface area contributed by atoms with E-state index in [9.17, 15) is 4.79 Å². The van der Waals surface area contributed by atoms with E-state index >= 15 is 0 Å². The topological polar surface area (TPSA) is 91.5 Å². The van der Waals surface area contributed by atoms with Crippen molar-refractivity contribution < 1.29 is 13.9 Å². The van der Waals surface area contributed by atoms with E-state index in [2.05, 4.69) is 4.74 Å². The van der Waals surface area contributed by atoms with Crippen molar-refractivity contribution in [2.24, 2.45) is 5.73 Å². The zero-order chi connectivity index (χ0) is 9.84. The lowest BCUT2D eigenvalue weighted by molar-refractivity contribution is -0.142. The Hall–Kier alpha value is -1.49. The SMILES string of the molecule is COC(=O)[C@@H](N)Cc1ccc(N)o1. The second kappa shape index (κ2) is 3.95. The number of nitrogen functional groups attached to an aromatic ring is 1. The standard InChI is InChI=1S/C8H12N2O3/c1-12-8(11)6(9)4-5-2-3-7(10)13-5/h2-3,6H,4,9-10H2,1H3/t6-/m0/s1. The summed E-state index contributed by atoms with van der Waals surface area (Å²) in [6.07, 6.45) is 0.296. The number of esters is 1. The van der Waals surface area contributed by atoms with Crippen LogP contribution in [0.2, 0.25) is 0 Å². The largest absolute Gasteiger partial charge is 0.468 e. The summed E-state index contributed by atoms with van der Waals surface area (Å²) < 4.78 is 9.49. The van der Waals surface area contributed by atoms with Crippen molar-refractivity contribution in [2.45, 2.75) is 12.5 Å². The average Bonchev–Trinajstić information content (AvgIpc) is 2.49. The van der Waals surface area contributed by atoms with E-state index in [1.165, 1.54) is 7.11 Å². The highest BCUT2D eigenvalue weighted by molar-refractivity contribution is 5.75. The van der Waals surface area contributed by atoms with Crippen molar-refractivity contribution in [2.75, 3.05) is 12.8 Å². The molecule has 0 saturated carbocycles. The molecule has 0 aromatic carbocycles. The molecule has 1 heterocycles. The lowest BCUT2D eigenvalue weighted by Gasteiger charge is -2.06. The summed E-state index contributed by atoms with van der Waals surface area (Å²) in [4.78, 5) is 10.9. The number of anilines is 1. The molecular weight excluding hydrogens is 172 g/mol. The molecule has 0 spiro atoms. The minimum Gasteiger partial charge on any atom is -0.468 e. The van der Waals surface area contributed by atoms with Gasteiger partial charge < -0.3 is 20.6 Å². The second-order valence-electron chi connectivity index (χ2n) is 2.64. The maximum atomic E-state index is 10.9. The van der Waals surface area contributed by atoms with Crippen LogP contribution in [0.5, 0.6) is 0 Å². The van der Waals surface area contributed by atoms with Crippen LogP contribution in [0.25, 0.3) is 0 Å². The maximum absolute atomic E-state index is 10.9. The zero-order valence-corrected chi connectivity index (χ0v) is 7.32. The van der Waals surface area contributed by atoms with E-state index in [0.29, 0.717) is 18.1 Å². The van der Waals surface area contributed by atoms with Crippen LogP contribution in [-0.2, 0) is 16.0 Å². The molecule has 0 aliphatic carbocycles. The molecular formula is C8H12N2O3. The summed E-state index contributed by atoms with van der Waals surface area (Å²) in [7, 11) is 1.29. The molecule has 0 saturated heterocycles. The predicted molar refractivity (Wildman–Crippen MR) is 46.8 cm³/mol. The molecule has 13 heavy (non-hydrogen) atoms. The maximum Gasteiger partial charge on any atom is 0.323 e. The molecule has 4 N–H and O–H groups in total. The Bertz CT molecular complexity index is 295. The lowest BCUT2D eigenvalue weighted by Crippen LogP contribution is -2.33. The van der Waals surface area contributed by atoms with Gasteiger partial charge in [0.25, 0.3) is 0 Å². The third-order valence-corrected chi connectivity index (χ3v) is 1.61. The molecule has 72 valence electrons. The molecule has 0 amide bonds. The Labute approximate surface area is 75.6 Å². The fourth-order valence-corrected chi connectivity index (χ4v) is 0.956. The highest BCUT2D eigenvalue weighted by atomic mass is 16.5. The lowest BCUT2D eigenvalue weighted by atomic mass is 10.2. The van der Waals surface area contributed by atoms with Crippen molar-refractivity contribution in [3.63, 3.8) is 0 Å². The van der Waals surface area contributed by atoms with Crippen LogP contribution >= 0.6 is 0 Å². The molecule has 0 bridgehead atoms. The van der Waals surface area contributed by atoms with Crippen molar-refractivity contribution in [3.05, 3.63) is 17.9 Å². The first-order valence-electron chi connectivity index (χ1n) is 3.81. The van der Waals surface area contributed by atoms with E-state index in [-0.39, 0.29) is 0 Å². The summed E-state index contributed by atoms with van der Waals surface area (Å²) in [6.45, 7) is 0. The Kier molecular flexibility index (Phi) is 2.92. The van der Waals surface area contributed by atoms with Gasteiger partial charge in [0.1, 0.15) is 11.8 Å². The molecule has 0 aliphatic rings. The third-order valence-electron chi connectivity index (χ3n) is 1.61. The first kappa shape index (κ1) is 9.60. The Morgan fingerprint density at radius 2 is 2.38 bits per heavy atom. The smallest absolute Gasteiger partial charge is 0.323 e. The number of nitrogens with two attached hydrogens (primary N) is 2. The van der Waals surface area contributed by atoms with Gasteiger partial charge in [0.05, 0.1) is 7.11 Å². The number of carbonyl (C=O) groups is 1. The molecule has 1 atom stereocenters. The van der Waals surface area contributed by atoms with Gasteiger partial charge >= 0.3 is 5.97 Å². The van der Waals surface area contributed by atoms with Gasteiger partial charge in [-0.25, -0.2) is 0 Å². The van der Waals surface area contributed by atoms with Crippen LogP contribution in [0.1, 0.15) is 5.76 Å². The summed E-state index contributed by atoms with van der Waals surface area (Å²) in [6, 6.07) is 2.59. The number of hydrogen-bond donors (Lipinski definition) is 2. The number of carbonyl (C=O) groups excluding carboxylic acids is 1. The van der Waals surface area contributed by atoms with Gasteiger partial charge in [0, 0.05) is 12.5 Å². The van der Waals surface area contributed by atoms with Gasteiger partial charge in [0.2, 0.25) is 0 Å². The molecule has 1 aromatic heterocycles. The number of ether oxygens (including phenoxy) is 1. The predicted octanol–water partition coefficient (Wildman–Crippen LogP) is -0.0954. The normalized spacial score (nSPS) is 12.5. The highest BCUT2D eigenvalue weighted by Crippen LogP contribution is 2.10. The van der Waals surface area contributed by atoms with E-state index in [1.807, 2.05) is 0 Å². The first-order chi connectivity index (χ1) is 6.13. The molecule has 5 heteroatoms. The summed E-state index contributed by atoms with van der Waals surface area (Å²) in [5.41, 5.74) is 10.8. The monoisotopic (exact) mass is 184 g/mol. The van der Waals surface area contributed by atoms with Gasteiger partial charge in [-0.05, 0) is 6.07 Å². The number of furan rings is 1. The van der Waals surface area contributed by atoms with E-state index in [1.54, 1.807) is 12.1 Å². The van der Waals surface area contributed by atoms with Crippen LogP contribution < -0.4 is 11.5 Å². The third kappa shape index (κ3) is 2.48. The van der Waals surface area contributed by atoms with E-state index in [0.717, 1.165) is 0 Å². The van der Waals surface area contributed by atoms with Crippen molar-refractivity contribution >= 4 is 11.9 Å². The number of rotatable bonds is 3. The van der Waals surface area contributed by atoms with Crippen molar-refractivity contribution in [1.82, 2.24) is 0 Å². The summed E-state index contributed by atoms with van der Waals surface area (Å²) in [5.74, 6) is 0.428. The van der Waals surface area contributed by atoms with Crippen molar-refractivity contribution in [1.29, 1.82) is 0 Å². The number of hydrogen-bond acceptors (Lipinski definition) is 5. The molecule has 1 aromatic rings. The van der Waals surface area contributed by atoms with Gasteiger partial charge in [-0.15, -0.1) is 0 Å². The summed E-state index contributed by atoms with van der Waals surface area (Å²) in [5, 5.41) is 0. The van der Waals surface area contributed by atoms with Crippen LogP contribution in [-0.4, -0.2) is 19.1 Å². The Balaban J connectivity index is 2.54. The fourth-order valence-electron chi connectivity index (χ4n) is 0.956. The molecule has 0 aliphatic heterocycles. The fraction of sp³-hybridized carbons (Fsp3) is 0.375. The van der Waals surface area contributed by atoms with Crippen LogP contribution in [0.3, 0.4) is 0 Å². The molecule has 0 radical (unpaired) electrons. The van der Waals surface area contributed by atoms with E-state index in [4.69, 9.17) is 15.9 Å². The molecule has 5 nitrogen and oxygen atoms in total. The van der Waals surface area contributed by atoms with E-state index < -0.39 is 12.0 Å². The zero-order valence-electron chi connectivity index (χ0n) is 7.32. The van der Waals surface area contributed by atoms with Gasteiger partial charge in [-0.3, -0.25) is 4.79 Å². The molecule has 0 fully saturated rings. The molecule has 1 rings (SSSR count). The van der Waals surface area contributed by atoms with Crippen LogP contribution in [0, 0.1) is 0 Å². The van der Waals surface area contributed by atoms with Crippen LogP contribution in [0.15, 0.2) is 16.5 Å². The quantitative estimate of drug-likeness (QED) is 0.640. The van der Waals surface area contributed by atoms with Crippen LogP contribution in [0.4, 0.5) is 5.88 Å². The van der Waals surface area contributed by atoms with Gasteiger partial charge in [-0.1, -0.05) is 0 Å². The Morgan fingerprint density at radius 1 is 1.69 bits per heavy atom. The molecule has 0 unspecified atom stereocenters. The minimum absolute atomic E-state index is 0.296. The average molecular weight is 184 g/mol. The van der Waals surface area contributed by atoms with Crippen molar-refractivity contribution in [3.8, 4) is 0 Å².